The summed E-state index contributed by atoms with van der Waals surface area (Å²) in [5.74, 6) is 1.63. The second kappa shape index (κ2) is 4.56. The van der Waals surface area contributed by atoms with E-state index in [0.717, 1.165) is 10.8 Å². The van der Waals surface area contributed by atoms with E-state index in [2.05, 4.69) is 20.4 Å². The van der Waals surface area contributed by atoms with E-state index in [1.54, 1.807) is 29.3 Å². The zero-order valence-corrected chi connectivity index (χ0v) is 10.4. The maximum Gasteiger partial charge on any atom is 0.169 e. The molecule has 0 saturated carbocycles. The fourth-order valence-corrected chi connectivity index (χ4v) is 1.92. The Morgan fingerprint density at radius 2 is 2.16 bits per heavy atom. The van der Waals surface area contributed by atoms with Crippen molar-refractivity contribution in [2.75, 3.05) is 5.32 Å². The Morgan fingerprint density at radius 3 is 2.95 bits per heavy atom. The molecule has 2 N–H and O–H groups in total. The van der Waals surface area contributed by atoms with Crippen LogP contribution in [0.5, 0.6) is 5.75 Å². The number of benzene rings is 1. The van der Waals surface area contributed by atoms with Crippen LogP contribution >= 0.6 is 0 Å². The summed E-state index contributed by atoms with van der Waals surface area (Å²) in [6, 6.07) is 7.11. The molecule has 6 heteroatoms. The van der Waals surface area contributed by atoms with Gasteiger partial charge in [-0.15, -0.1) is 0 Å². The molecular formula is C13H13N5O. The lowest BCUT2D eigenvalue weighted by atomic mass is 10.1. The highest BCUT2D eigenvalue weighted by Crippen LogP contribution is 2.25. The summed E-state index contributed by atoms with van der Waals surface area (Å²) in [5, 5.41) is 18.8. The zero-order chi connectivity index (χ0) is 13.2. The van der Waals surface area contributed by atoms with Crippen LogP contribution < -0.4 is 5.32 Å². The number of phenols is 1. The van der Waals surface area contributed by atoms with Gasteiger partial charge in [-0.25, -0.2) is 9.97 Å². The van der Waals surface area contributed by atoms with Crippen molar-refractivity contribution < 1.29 is 5.11 Å². The SMILES string of the molecule is Cn1cnc(CNc2nccc3ccc(O)cc23)n1. The molecule has 2 heterocycles. The van der Waals surface area contributed by atoms with Gasteiger partial charge < -0.3 is 10.4 Å². The summed E-state index contributed by atoms with van der Waals surface area (Å²) >= 11 is 0. The first-order valence-corrected chi connectivity index (χ1v) is 5.88. The number of aromatic hydroxyl groups is 1. The molecule has 19 heavy (non-hydrogen) atoms. The summed E-state index contributed by atoms with van der Waals surface area (Å²) in [7, 11) is 1.82. The van der Waals surface area contributed by atoms with Crippen LogP contribution in [0.25, 0.3) is 10.8 Å². The van der Waals surface area contributed by atoms with Crippen molar-refractivity contribution in [3.8, 4) is 5.75 Å². The van der Waals surface area contributed by atoms with Gasteiger partial charge in [0.2, 0.25) is 0 Å². The molecule has 0 aliphatic carbocycles. The van der Waals surface area contributed by atoms with Gasteiger partial charge in [-0.05, 0) is 23.6 Å². The van der Waals surface area contributed by atoms with E-state index in [0.29, 0.717) is 18.2 Å². The molecule has 0 fully saturated rings. The van der Waals surface area contributed by atoms with E-state index in [4.69, 9.17) is 0 Å². The van der Waals surface area contributed by atoms with Crippen LogP contribution in [0.1, 0.15) is 5.82 Å². The average molecular weight is 255 g/mol. The van der Waals surface area contributed by atoms with Gasteiger partial charge in [0.1, 0.15) is 17.9 Å². The third-order valence-corrected chi connectivity index (χ3v) is 2.81. The Balaban J connectivity index is 1.90. The van der Waals surface area contributed by atoms with Crippen molar-refractivity contribution in [3.05, 3.63) is 42.6 Å². The van der Waals surface area contributed by atoms with E-state index in [-0.39, 0.29) is 5.75 Å². The van der Waals surface area contributed by atoms with Gasteiger partial charge in [-0.2, -0.15) is 5.10 Å². The molecule has 0 spiro atoms. The Hall–Kier alpha value is -2.63. The van der Waals surface area contributed by atoms with Gasteiger partial charge in [0.25, 0.3) is 0 Å². The highest BCUT2D eigenvalue weighted by molar-refractivity contribution is 5.92. The number of phenolic OH excluding ortho intramolecular Hbond substituents is 1. The number of pyridine rings is 1. The topological polar surface area (TPSA) is 75.9 Å². The first-order valence-electron chi connectivity index (χ1n) is 5.88. The van der Waals surface area contributed by atoms with E-state index in [1.807, 2.05) is 19.2 Å². The van der Waals surface area contributed by atoms with E-state index < -0.39 is 0 Å². The van der Waals surface area contributed by atoms with Crippen molar-refractivity contribution in [2.24, 2.45) is 7.05 Å². The smallest absolute Gasteiger partial charge is 0.169 e. The molecule has 3 aromatic rings. The quantitative estimate of drug-likeness (QED) is 0.744. The normalized spacial score (nSPS) is 10.8. The van der Waals surface area contributed by atoms with Gasteiger partial charge in [0, 0.05) is 18.6 Å². The van der Waals surface area contributed by atoms with Crippen LogP contribution in [0.15, 0.2) is 36.8 Å². The first kappa shape index (κ1) is 11.5. The predicted octanol–water partition coefficient (Wildman–Crippen LogP) is 1.68. The van der Waals surface area contributed by atoms with Crippen LogP contribution in [0, 0.1) is 0 Å². The van der Waals surface area contributed by atoms with Gasteiger partial charge in [-0.3, -0.25) is 4.68 Å². The number of nitrogens with one attached hydrogen (secondary N) is 1. The van der Waals surface area contributed by atoms with Gasteiger partial charge in [0.15, 0.2) is 5.82 Å². The van der Waals surface area contributed by atoms with Gasteiger partial charge in [-0.1, -0.05) is 6.07 Å². The van der Waals surface area contributed by atoms with Crippen LogP contribution in [0.4, 0.5) is 5.82 Å². The Morgan fingerprint density at radius 1 is 1.26 bits per heavy atom. The standard InChI is InChI=1S/C13H13N5O/c1-18-8-16-12(17-18)7-15-13-11-6-10(19)3-2-9(11)4-5-14-13/h2-6,8,19H,7H2,1H3,(H,14,15). The van der Waals surface area contributed by atoms with Crippen LogP contribution in [-0.2, 0) is 13.6 Å². The minimum atomic E-state index is 0.222. The van der Waals surface area contributed by atoms with Crippen molar-refractivity contribution in [1.29, 1.82) is 0 Å². The van der Waals surface area contributed by atoms with E-state index >= 15 is 0 Å². The molecule has 0 unspecified atom stereocenters. The van der Waals surface area contributed by atoms with Crippen molar-refractivity contribution >= 4 is 16.6 Å². The summed E-state index contributed by atoms with van der Waals surface area (Å²) in [4.78, 5) is 8.43. The van der Waals surface area contributed by atoms with Crippen molar-refractivity contribution in [1.82, 2.24) is 19.7 Å². The van der Waals surface area contributed by atoms with Gasteiger partial charge in [0.05, 0.1) is 6.54 Å². The number of nitrogens with zero attached hydrogens (tertiary/aromatic N) is 4. The number of aromatic nitrogens is 4. The highest BCUT2D eigenvalue weighted by Gasteiger charge is 2.05. The molecule has 1 aromatic carbocycles. The predicted molar refractivity (Wildman–Crippen MR) is 71.7 cm³/mol. The summed E-state index contributed by atoms with van der Waals surface area (Å²) < 4.78 is 1.65. The third kappa shape index (κ3) is 2.33. The van der Waals surface area contributed by atoms with Crippen LogP contribution in [0.3, 0.4) is 0 Å². The molecule has 0 aliphatic heterocycles. The number of anilines is 1. The molecule has 3 rings (SSSR count). The second-order valence-electron chi connectivity index (χ2n) is 4.25. The lowest BCUT2D eigenvalue weighted by molar-refractivity contribution is 0.476. The highest BCUT2D eigenvalue weighted by atomic mass is 16.3. The lowest BCUT2D eigenvalue weighted by Gasteiger charge is -2.07. The minimum absolute atomic E-state index is 0.222. The van der Waals surface area contributed by atoms with E-state index in [1.165, 1.54) is 0 Å². The fourth-order valence-electron chi connectivity index (χ4n) is 1.92. The molecule has 0 bridgehead atoms. The Kier molecular flexibility index (Phi) is 2.75. The second-order valence-corrected chi connectivity index (χ2v) is 4.25. The largest absolute Gasteiger partial charge is 0.508 e. The van der Waals surface area contributed by atoms with Crippen molar-refractivity contribution in [3.63, 3.8) is 0 Å². The number of aryl methyl sites for hydroxylation is 1. The monoisotopic (exact) mass is 255 g/mol. The van der Waals surface area contributed by atoms with Crippen molar-refractivity contribution in [2.45, 2.75) is 6.54 Å². The molecular weight excluding hydrogens is 242 g/mol. The molecule has 0 saturated heterocycles. The number of hydrogen-bond donors (Lipinski definition) is 2. The first-order chi connectivity index (χ1) is 9.22. The summed E-state index contributed by atoms with van der Waals surface area (Å²) in [6.07, 6.45) is 3.38. The summed E-state index contributed by atoms with van der Waals surface area (Å²) in [6.45, 7) is 0.489. The number of hydrogen-bond acceptors (Lipinski definition) is 5. The number of rotatable bonds is 3. The molecule has 0 aliphatic rings. The average Bonchev–Trinajstić information content (AvgIpc) is 2.82. The zero-order valence-electron chi connectivity index (χ0n) is 10.4. The number of fused-ring (bicyclic) bond motifs is 1. The maximum atomic E-state index is 9.56. The minimum Gasteiger partial charge on any atom is -0.508 e. The third-order valence-electron chi connectivity index (χ3n) is 2.81. The Bertz CT molecular complexity index is 722. The van der Waals surface area contributed by atoms with Crippen LogP contribution in [-0.4, -0.2) is 24.9 Å². The molecule has 96 valence electrons. The molecule has 2 aromatic heterocycles. The lowest BCUT2D eigenvalue weighted by Crippen LogP contribution is -2.04. The molecule has 0 atom stereocenters. The van der Waals surface area contributed by atoms with E-state index in [9.17, 15) is 5.11 Å². The molecule has 0 amide bonds. The van der Waals surface area contributed by atoms with Crippen LogP contribution in [0.2, 0.25) is 0 Å². The summed E-state index contributed by atoms with van der Waals surface area (Å²) in [5.41, 5.74) is 0. The maximum absolute atomic E-state index is 9.56. The molecule has 0 radical (unpaired) electrons. The molecule has 6 nitrogen and oxygen atoms in total. The van der Waals surface area contributed by atoms with Gasteiger partial charge >= 0.3 is 0 Å². The fraction of sp³-hybridized carbons (Fsp3) is 0.154. The Labute approximate surface area is 109 Å².